The summed E-state index contributed by atoms with van der Waals surface area (Å²) in [7, 11) is 0. The van der Waals surface area contributed by atoms with Gasteiger partial charge >= 0.3 is 0 Å². The van der Waals surface area contributed by atoms with Gasteiger partial charge in [0.25, 0.3) is 20.1 Å². The van der Waals surface area contributed by atoms with Crippen molar-refractivity contribution in [2.45, 2.75) is 0 Å². The molecule has 0 fully saturated rings. The van der Waals surface area contributed by atoms with E-state index < -0.39 is 6.71 Å². The van der Waals surface area contributed by atoms with Gasteiger partial charge in [-0.15, -0.1) is 0 Å². The Bertz CT molecular complexity index is 5200. The smallest absolute Gasteiger partial charge is 0.260 e. The molecule has 15 aromatic rings. The van der Waals surface area contributed by atoms with E-state index in [9.17, 15) is 0 Å². The Morgan fingerprint density at radius 1 is 0.225 bits per heavy atom. The highest BCUT2D eigenvalue weighted by atomic mass is 16.5. The number of ether oxygens (including phenoxy) is 4. The van der Waals surface area contributed by atoms with Crippen molar-refractivity contribution in [3.63, 3.8) is 0 Å². The first kappa shape index (κ1) is 47.7. The van der Waals surface area contributed by atoms with E-state index in [1.165, 1.54) is 0 Å². The minimum atomic E-state index is -0.420. The van der Waals surface area contributed by atoms with Gasteiger partial charge in [-0.1, -0.05) is 170 Å². The van der Waals surface area contributed by atoms with E-state index in [2.05, 4.69) is 292 Å². The van der Waals surface area contributed by atoms with Crippen LogP contribution in [0.4, 0.5) is 34.1 Å². The average molecular weight is 1130 g/mol. The largest absolute Gasteiger partial charge is 0.458 e. The highest BCUT2D eigenvalue weighted by molar-refractivity contribution is 7.03. The monoisotopic (exact) mass is 1130 g/mol. The third-order valence-corrected chi connectivity index (χ3v) is 19.7. The van der Waals surface area contributed by atoms with Gasteiger partial charge < -0.3 is 37.9 Å². The van der Waals surface area contributed by atoms with Crippen molar-refractivity contribution < 1.29 is 18.9 Å². The summed E-state index contributed by atoms with van der Waals surface area (Å²) < 4.78 is 34.7. The topological polar surface area (TPSA) is 53.3 Å². The molecule has 410 valence electrons. The Labute approximate surface area is 512 Å². The summed E-state index contributed by atoms with van der Waals surface area (Å²) in [5, 5.41) is 4.64. The number of rotatable bonds is 4. The normalized spacial score (nSPS) is 13.9. The third-order valence-electron chi connectivity index (χ3n) is 19.7. The van der Waals surface area contributed by atoms with Gasteiger partial charge in [0.2, 0.25) is 0 Å². The second-order valence-electron chi connectivity index (χ2n) is 24.1. The van der Waals surface area contributed by atoms with E-state index in [0.29, 0.717) is 0 Å². The number of hydrogen-bond donors (Lipinski definition) is 0. The molecule has 8 heterocycles. The van der Waals surface area contributed by atoms with Crippen LogP contribution >= 0.6 is 0 Å². The molecular weight excluding hydrogens is 1090 g/mol. The molecule has 11 heteroatoms. The van der Waals surface area contributed by atoms with Crippen LogP contribution in [0.15, 0.2) is 273 Å². The number of para-hydroxylation sites is 8. The molecule has 8 nitrogen and oxygen atoms in total. The van der Waals surface area contributed by atoms with Gasteiger partial charge in [-0.05, 0) is 135 Å². The molecule has 2 aromatic heterocycles. The van der Waals surface area contributed by atoms with Crippen molar-refractivity contribution in [3.05, 3.63) is 273 Å². The molecule has 6 aliphatic rings. The molecule has 0 saturated carbocycles. The van der Waals surface area contributed by atoms with Gasteiger partial charge in [0.05, 0.1) is 33.4 Å². The molecular formula is C78H45B3N4O4. The highest BCUT2D eigenvalue weighted by Crippen LogP contribution is 2.50. The van der Waals surface area contributed by atoms with Crippen molar-refractivity contribution in [2.75, 3.05) is 9.80 Å². The Morgan fingerprint density at radius 2 is 0.584 bits per heavy atom. The molecule has 0 spiro atoms. The fourth-order valence-corrected chi connectivity index (χ4v) is 16.2. The van der Waals surface area contributed by atoms with Crippen molar-refractivity contribution in [3.8, 4) is 57.4 Å². The minimum absolute atomic E-state index is 0.166. The fourth-order valence-electron chi connectivity index (χ4n) is 16.2. The van der Waals surface area contributed by atoms with E-state index in [4.69, 9.17) is 18.9 Å². The summed E-state index contributed by atoms with van der Waals surface area (Å²) in [6, 6.07) is 98.7. The second-order valence-corrected chi connectivity index (χ2v) is 24.1. The maximum atomic E-state index is 8.02. The number of anilines is 6. The molecule has 6 aliphatic heterocycles. The van der Waals surface area contributed by atoms with Crippen LogP contribution in [0.1, 0.15) is 0 Å². The van der Waals surface area contributed by atoms with Crippen LogP contribution in [-0.2, 0) is 0 Å². The predicted octanol–water partition coefficient (Wildman–Crippen LogP) is 13.4. The summed E-state index contributed by atoms with van der Waals surface area (Å²) in [4.78, 5) is 4.83. The number of hydrogen-bond acceptors (Lipinski definition) is 6. The van der Waals surface area contributed by atoms with Gasteiger partial charge in [0.1, 0.15) is 34.5 Å². The van der Waals surface area contributed by atoms with Crippen LogP contribution in [-0.4, -0.2) is 29.3 Å². The van der Waals surface area contributed by atoms with Crippen LogP contribution in [0.5, 0.6) is 46.0 Å². The Balaban J connectivity index is 0.924. The summed E-state index contributed by atoms with van der Waals surface area (Å²) in [6.45, 7) is -0.752. The molecule has 0 atom stereocenters. The van der Waals surface area contributed by atoms with Gasteiger partial charge in [0.15, 0.2) is 11.5 Å². The summed E-state index contributed by atoms with van der Waals surface area (Å²) >= 11 is 0. The van der Waals surface area contributed by atoms with E-state index >= 15 is 0 Å². The molecule has 0 aliphatic carbocycles. The molecule has 21 rings (SSSR count). The number of fused-ring (bicyclic) bond motifs is 18. The Morgan fingerprint density at radius 3 is 1.01 bits per heavy atom. The predicted molar refractivity (Wildman–Crippen MR) is 365 cm³/mol. The van der Waals surface area contributed by atoms with E-state index in [1.54, 1.807) is 0 Å². The molecule has 0 saturated heterocycles. The van der Waals surface area contributed by atoms with E-state index in [-0.39, 0.29) is 13.4 Å². The molecule has 89 heavy (non-hydrogen) atoms. The lowest BCUT2D eigenvalue weighted by molar-refractivity contribution is 0.462. The molecule has 0 radical (unpaired) electrons. The van der Waals surface area contributed by atoms with Crippen LogP contribution in [0.3, 0.4) is 0 Å². The SMILES string of the molecule is c1ccc(N2c3cc4c(cc3B3c5ccccc5Oc5cccc2c53)B2c3cc5c(cc3Oc3c(-n6c7ccccc7c7ccccc76)cc(-n6c7ccccc7c7ccccc76)c(c32)O4)N(c2ccccc2)c2cccc3c2B5c2ccccc2O3)cc1. The molecule has 0 bridgehead atoms. The third kappa shape index (κ3) is 6.34. The Hall–Kier alpha value is -11.5. The molecule has 13 aromatic carbocycles. The first-order valence-electron chi connectivity index (χ1n) is 30.6. The van der Waals surface area contributed by atoms with Gasteiger partial charge in [-0.3, -0.25) is 0 Å². The zero-order valence-electron chi connectivity index (χ0n) is 47.6. The van der Waals surface area contributed by atoms with Gasteiger partial charge in [0, 0.05) is 73.3 Å². The first-order valence-corrected chi connectivity index (χ1v) is 30.6. The second kappa shape index (κ2) is 17.6. The first-order chi connectivity index (χ1) is 44.2. The molecule has 0 N–H and O–H groups in total. The van der Waals surface area contributed by atoms with Crippen LogP contribution < -0.4 is 77.9 Å². The maximum absolute atomic E-state index is 8.02. The summed E-state index contributed by atoms with van der Waals surface area (Å²) in [6.07, 6.45) is 0. The quantitative estimate of drug-likeness (QED) is 0.164. The van der Waals surface area contributed by atoms with E-state index in [1.807, 2.05) is 0 Å². The molecule has 0 unspecified atom stereocenters. The zero-order valence-corrected chi connectivity index (χ0v) is 47.6. The van der Waals surface area contributed by atoms with E-state index in [0.717, 1.165) is 184 Å². The fraction of sp³-hybridized carbons (Fsp3) is 0. The standard InChI is InChI=1S/C78H45B3N4O4/c1-3-21-46(22-4-1)82-62-35-19-39-70-74(62)79(52-29-11-17-37-68(52)86-70)54-41-56-72(44-64(54)82)88-77-66(84-58-31-13-7-25-48(58)49-26-8-14-32-59(49)84)43-67(85-60-33-15-9-27-50(60)51-28-10-16-34-61(51)85)78-76(77)81(56)57-42-55-65(45-73(57)89-78)83(47-23-5-2-6-24-47)63-36-20-40-71-75(63)80(55)53-30-12-18-38-69(53)87-71/h1-45H. The number of aromatic nitrogens is 2. The summed E-state index contributed by atoms with van der Waals surface area (Å²) in [5.74, 6) is 6.47. The van der Waals surface area contributed by atoms with Crippen molar-refractivity contribution in [1.29, 1.82) is 0 Å². The van der Waals surface area contributed by atoms with Crippen LogP contribution in [0, 0.1) is 0 Å². The lowest BCUT2D eigenvalue weighted by Gasteiger charge is -2.43. The molecule has 0 amide bonds. The number of nitrogens with zero attached hydrogens (tertiary/aromatic N) is 4. The lowest BCUT2D eigenvalue weighted by atomic mass is 9.30. The van der Waals surface area contributed by atoms with Gasteiger partial charge in [-0.25, -0.2) is 0 Å². The number of benzene rings is 13. The van der Waals surface area contributed by atoms with Crippen molar-refractivity contribution in [2.24, 2.45) is 0 Å². The van der Waals surface area contributed by atoms with Crippen LogP contribution in [0.2, 0.25) is 0 Å². The van der Waals surface area contributed by atoms with Crippen LogP contribution in [0.25, 0.3) is 55.0 Å². The zero-order chi connectivity index (χ0) is 57.7. The van der Waals surface area contributed by atoms with Crippen molar-refractivity contribution >= 4 is 147 Å². The minimum Gasteiger partial charge on any atom is -0.458 e. The maximum Gasteiger partial charge on any atom is 0.260 e. The summed E-state index contributed by atoms with van der Waals surface area (Å²) in [5.41, 5.74) is 22.4. The average Bonchev–Trinajstić information content (AvgIpc) is 1.47. The highest BCUT2D eigenvalue weighted by Gasteiger charge is 2.50. The Kier molecular flexibility index (Phi) is 9.40. The lowest BCUT2D eigenvalue weighted by Crippen LogP contribution is -2.64. The van der Waals surface area contributed by atoms with Gasteiger partial charge in [-0.2, -0.15) is 0 Å². The van der Waals surface area contributed by atoms with Crippen molar-refractivity contribution in [1.82, 2.24) is 9.13 Å².